The van der Waals surface area contributed by atoms with Crippen LogP contribution in [0.1, 0.15) is 13.8 Å². The van der Waals surface area contributed by atoms with Gasteiger partial charge in [-0.2, -0.15) is 0 Å². The predicted octanol–water partition coefficient (Wildman–Crippen LogP) is 1.78. The summed E-state index contributed by atoms with van der Waals surface area (Å²) >= 11 is 0. The van der Waals surface area contributed by atoms with Gasteiger partial charge in [0.25, 0.3) is 0 Å². The molecule has 0 aliphatic rings. The molecule has 0 saturated carbocycles. The van der Waals surface area contributed by atoms with Crippen LogP contribution in [0.5, 0.6) is 5.75 Å². The van der Waals surface area contributed by atoms with Crippen molar-refractivity contribution in [2.45, 2.75) is 13.8 Å². The second kappa shape index (κ2) is 6.80. The predicted molar refractivity (Wildman–Crippen MR) is 71.2 cm³/mol. The fourth-order valence-electron chi connectivity index (χ4n) is 1.75. The van der Waals surface area contributed by atoms with Crippen molar-refractivity contribution < 1.29 is 9.66 Å². The van der Waals surface area contributed by atoms with E-state index in [-0.39, 0.29) is 5.69 Å². The third-order valence-corrected chi connectivity index (χ3v) is 2.59. The van der Waals surface area contributed by atoms with E-state index >= 15 is 0 Å². The molecule has 18 heavy (non-hydrogen) atoms. The quantitative estimate of drug-likeness (QED) is 0.591. The summed E-state index contributed by atoms with van der Waals surface area (Å²) in [5.74, 6) is 0.301. The molecule has 1 aromatic rings. The topological polar surface area (TPSA) is 81.6 Å². The Hall–Kier alpha value is -1.82. The molecule has 0 aromatic heterocycles. The molecule has 1 rings (SSSR count). The molecule has 1 aromatic carbocycles. The number of ether oxygens (including phenoxy) is 1. The van der Waals surface area contributed by atoms with Crippen molar-refractivity contribution in [3.8, 4) is 5.75 Å². The molecular weight excluding hydrogens is 234 g/mol. The first-order chi connectivity index (χ1) is 8.63. The number of anilines is 1. The molecule has 0 unspecified atom stereocenters. The lowest BCUT2D eigenvalue weighted by Gasteiger charge is -2.22. The molecule has 0 saturated heterocycles. The van der Waals surface area contributed by atoms with Gasteiger partial charge in [0.05, 0.1) is 11.5 Å². The lowest BCUT2D eigenvalue weighted by atomic mass is 10.2. The highest BCUT2D eigenvalue weighted by Gasteiger charge is 2.16. The van der Waals surface area contributed by atoms with Crippen LogP contribution in [0.15, 0.2) is 18.2 Å². The van der Waals surface area contributed by atoms with Crippen molar-refractivity contribution in [3.05, 3.63) is 28.3 Å². The highest BCUT2D eigenvalue weighted by molar-refractivity contribution is 5.59. The molecule has 0 heterocycles. The van der Waals surface area contributed by atoms with E-state index in [0.29, 0.717) is 25.4 Å². The van der Waals surface area contributed by atoms with Crippen LogP contribution in [0, 0.1) is 10.1 Å². The standard InChI is InChI=1S/C12H19N3O3/c1-3-14(8-7-13)10-5-6-11(15(16)17)12(9-10)18-4-2/h5-6,9H,3-4,7-8,13H2,1-2H3. The maximum absolute atomic E-state index is 10.9. The smallest absolute Gasteiger partial charge is 0.311 e. The minimum Gasteiger partial charge on any atom is -0.487 e. The zero-order valence-corrected chi connectivity index (χ0v) is 10.8. The van der Waals surface area contributed by atoms with Gasteiger partial charge in [-0.25, -0.2) is 0 Å². The molecule has 100 valence electrons. The third-order valence-electron chi connectivity index (χ3n) is 2.59. The monoisotopic (exact) mass is 253 g/mol. The van der Waals surface area contributed by atoms with Gasteiger partial charge in [-0.15, -0.1) is 0 Å². The molecule has 6 heteroatoms. The van der Waals surface area contributed by atoms with E-state index in [1.807, 2.05) is 11.8 Å². The van der Waals surface area contributed by atoms with Gasteiger partial charge in [0, 0.05) is 37.5 Å². The van der Waals surface area contributed by atoms with E-state index in [0.717, 1.165) is 12.2 Å². The molecule has 0 bridgehead atoms. The fraction of sp³-hybridized carbons (Fsp3) is 0.500. The Balaban J connectivity index is 3.08. The molecule has 0 aliphatic heterocycles. The van der Waals surface area contributed by atoms with Gasteiger partial charge in [0.15, 0.2) is 5.75 Å². The largest absolute Gasteiger partial charge is 0.487 e. The Bertz CT molecular complexity index is 410. The van der Waals surface area contributed by atoms with E-state index < -0.39 is 4.92 Å². The van der Waals surface area contributed by atoms with Crippen LogP contribution in [0.2, 0.25) is 0 Å². The number of nitrogens with two attached hydrogens (primary N) is 1. The summed E-state index contributed by atoms with van der Waals surface area (Å²) in [5, 5.41) is 10.9. The summed E-state index contributed by atoms with van der Waals surface area (Å²) in [6.07, 6.45) is 0. The molecule has 0 aliphatic carbocycles. The third kappa shape index (κ3) is 3.33. The molecule has 0 amide bonds. The second-order valence-electron chi connectivity index (χ2n) is 3.71. The van der Waals surface area contributed by atoms with Crippen LogP contribution in [0.3, 0.4) is 0 Å². The number of nitro benzene ring substituents is 1. The van der Waals surface area contributed by atoms with Crippen LogP contribution in [-0.2, 0) is 0 Å². The van der Waals surface area contributed by atoms with Crippen LogP contribution < -0.4 is 15.4 Å². The van der Waals surface area contributed by atoms with Gasteiger partial charge >= 0.3 is 5.69 Å². The van der Waals surface area contributed by atoms with E-state index in [9.17, 15) is 10.1 Å². The number of rotatable bonds is 7. The van der Waals surface area contributed by atoms with Crippen molar-refractivity contribution >= 4 is 11.4 Å². The van der Waals surface area contributed by atoms with E-state index in [2.05, 4.69) is 0 Å². The molecule has 2 N–H and O–H groups in total. The highest BCUT2D eigenvalue weighted by atomic mass is 16.6. The van der Waals surface area contributed by atoms with E-state index in [1.165, 1.54) is 6.07 Å². The van der Waals surface area contributed by atoms with Crippen molar-refractivity contribution in [1.82, 2.24) is 0 Å². The van der Waals surface area contributed by atoms with Crippen LogP contribution in [0.4, 0.5) is 11.4 Å². The average Bonchev–Trinajstić information content (AvgIpc) is 2.36. The van der Waals surface area contributed by atoms with Crippen molar-refractivity contribution in [2.24, 2.45) is 5.73 Å². The van der Waals surface area contributed by atoms with Crippen molar-refractivity contribution in [2.75, 3.05) is 31.1 Å². The first-order valence-electron chi connectivity index (χ1n) is 6.00. The maximum Gasteiger partial charge on any atom is 0.311 e. The van der Waals surface area contributed by atoms with Crippen LogP contribution >= 0.6 is 0 Å². The maximum atomic E-state index is 10.9. The van der Waals surface area contributed by atoms with Crippen LogP contribution in [-0.4, -0.2) is 31.2 Å². The summed E-state index contributed by atoms with van der Waals surface area (Å²) in [5.41, 5.74) is 6.41. The van der Waals surface area contributed by atoms with Gasteiger partial charge in [-0.3, -0.25) is 10.1 Å². The number of nitrogens with zero attached hydrogens (tertiary/aromatic N) is 2. The molecule has 0 atom stereocenters. The summed E-state index contributed by atoms with van der Waals surface area (Å²) in [7, 11) is 0. The minimum atomic E-state index is -0.437. The summed E-state index contributed by atoms with van der Waals surface area (Å²) in [6, 6.07) is 4.89. The lowest BCUT2D eigenvalue weighted by Crippen LogP contribution is -2.29. The van der Waals surface area contributed by atoms with Gasteiger partial charge < -0.3 is 15.4 Å². The van der Waals surface area contributed by atoms with Gasteiger partial charge in [-0.1, -0.05) is 0 Å². The van der Waals surface area contributed by atoms with Crippen molar-refractivity contribution in [1.29, 1.82) is 0 Å². The summed E-state index contributed by atoms with van der Waals surface area (Å²) < 4.78 is 5.31. The van der Waals surface area contributed by atoms with Gasteiger partial charge in [0.2, 0.25) is 0 Å². The first kappa shape index (κ1) is 14.2. The Morgan fingerprint density at radius 2 is 2.17 bits per heavy atom. The Kier molecular flexibility index (Phi) is 5.38. The zero-order valence-electron chi connectivity index (χ0n) is 10.8. The highest BCUT2D eigenvalue weighted by Crippen LogP contribution is 2.31. The molecule has 6 nitrogen and oxygen atoms in total. The Morgan fingerprint density at radius 1 is 1.44 bits per heavy atom. The SMILES string of the molecule is CCOc1cc(N(CC)CCN)ccc1[N+](=O)[O-]. The second-order valence-corrected chi connectivity index (χ2v) is 3.71. The van der Waals surface area contributed by atoms with Crippen molar-refractivity contribution in [3.63, 3.8) is 0 Å². The van der Waals surface area contributed by atoms with E-state index in [4.69, 9.17) is 10.5 Å². The number of likely N-dealkylation sites (N-methyl/N-ethyl adjacent to an activating group) is 1. The van der Waals surface area contributed by atoms with Crippen LogP contribution in [0.25, 0.3) is 0 Å². The fourth-order valence-corrected chi connectivity index (χ4v) is 1.75. The molecule has 0 fully saturated rings. The zero-order chi connectivity index (χ0) is 13.5. The number of hydrogen-bond donors (Lipinski definition) is 1. The Morgan fingerprint density at radius 3 is 2.67 bits per heavy atom. The average molecular weight is 253 g/mol. The molecule has 0 spiro atoms. The number of nitro groups is 1. The lowest BCUT2D eigenvalue weighted by molar-refractivity contribution is -0.385. The number of hydrogen-bond acceptors (Lipinski definition) is 5. The Labute approximate surface area is 106 Å². The molecule has 0 radical (unpaired) electrons. The number of benzene rings is 1. The van der Waals surface area contributed by atoms with Gasteiger partial charge in [-0.05, 0) is 19.9 Å². The van der Waals surface area contributed by atoms with E-state index in [1.54, 1.807) is 19.1 Å². The summed E-state index contributed by atoms with van der Waals surface area (Å²) in [6.45, 7) is 6.24. The minimum absolute atomic E-state index is 0.00981. The first-order valence-corrected chi connectivity index (χ1v) is 6.00. The normalized spacial score (nSPS) is 10.2. The van der Waals surface area contributed by atoms with Gasteiger partial charge in [0.1, 0.15) is 0 Å². The molecular formula is C12H19N3O3. The summed E-state index contributed by atoms with van der Waals surface area (Å²) in [4.78, 5) is 12.5.